The van der Waals surface area contributed by atoms with E-state index in [4.69, 9.17) is 27.2 Å². The fraction of sp³-hybridized carbons (Fsp3) is 0.211. The van der Waals surface area contributed by atoms with Gasteiger partial charge in [-0.1, -0.05) is 11.6 Å². The number of hydrogen-bond acceptors (Lipinski definition) is 5. The first-order valence-electron chi connectivity index (χ1n) is 7.74. The summed E-state index contributed by atoms with van der Waals surface area (Å²) in [4.78, 5) is 35.4. The number of rotatable bonds is 7. The molecular formula is C19H18ClNO5. The Labute approximate surface area is 155 Å². The molecule has 0 aromatic heterocycles. The lowest BCUT2D eigenvalue weighted by Gasteiger charge is -2.26. The highest BCUT2D eigenvalue weighted by atomic mass is 35.5. The maximum Gasteiger partial charge on any atom is 0.328 e. The van der Waals surface area contributed by atoms with Crippen molar-refractivity contribution < 1.29 is 24.2 Å². The lowest BCUT2D eigenvalue weighted by molar-refractivity contribution is -0.146. The molecule has 0 saturated heterocycles. The van der Waals surface area contributed by atoms with Crippen LogP contribution in [0.3, 0.4) is 0 Å². The fourth-order valence-corrected chi connectivity index (χ4v) is 2.40. The van der Waals surface area contributed by atoms with Crippen molar-refractivity contribution in [2.75, 3.05) is 0 Å². The zero-order chi connectivity index (χ0) is 19.5. The Morgan fingerprint density at radius 2 is 1.46 bits per heavy atom. The molecule has 3 N–H and O–H groups in total. The molecule has 26 heavy (non-hydrogen) atoms. The van der Waals surface area contributed by atoms with Crippen LogP contribution in [0.1, 0.15) is 29.8 Å². The van der Waals surface area contributed by atoms with Gasteiger partial charge in [-0.3, -0.25) is 14.4 Å². The van der Waals surface area contributed by atoms with E-state index in [1.54, 1.807) is 36.4 Å². The average molecular weight is 376 g/mol. The van der Waals surface area contributed by atoms with Crippen LogP contribution in [0.25, 0.3) is 0 Å². The van der Waals surface area contributed by atoms with E-state index in [1.165, 1.54) is 26.0 Å². The van der Waals surface area contributed by atoms with Crippen molar-refractivity contribution in [3.05, 3.63) is 64.7 Å². The topological polar surface area (TPSA) is 107 Å². The predicted molar refractivity (Wildman–Crippen MR) is 96.7 cm³/mol. The maximum atomic E-state index is 12.4. The zero-order valence-electron chi connectivity index (χ0n) is 14.2. The molecule has 1 unspecified atom stereocenters. The van der Waals surface area contributed by atoms with Gasteiger partial charge < -0.3 is 15.6 Å². The molecule has 0 heterocycles. The number of ether oxygens (including phenoxy) is 1. The third-order valence-corrected chi connectivity index (χ3v) is 3.99. The number of carbonyl (C=O) groups excluding carboxylic acids is 2. The summed E-state index contributed by atoms with van der Waals surface area (Å²) < 4.78 is 5.57. The predicted octanol–water partition coefficient (Wildman–Crippen LogP) is 2.71. The highest BCUT2D eigenvalue weighted by Gasteiger charge is 2.37. The smallest absolute Gasteiger partial charge is 0.328 e. The zero-order valence-corrected chi connectivity index (χ0v) is 15.0. The Kier molecular flexibility index (Phi) is 5.79. The number of nitrogens with two attached hydrogens (primary N) is 1. The highest BCUT2D eigenvalue weighted by molar-refractivity contribution is 6.30. The van der Waals surface area contributed by atoms with Crippen LogP contribution in [0, 0.1) is 0 Å². The summed E-state index contributed by atoms with van der Waals surface area (Å²) in [6.45, 7) is 2.87. The highest BCUT2D eigenvalue weighted by Crippen LogP contribution is 2.22. The number of benzene rings is 2. The monoisotopic (exact) mass is 375 g/mol. The Hall–Kier alpha value is -2.70. The number of Topliss-reactive ketones (excluding diaryl/α,β-unsaturated/α-hetero) is 1. The van der Waals surface area contributed by atoms with Crippen molar-refractivity contribution in [1.29, 1.82) is 0 Å². The van der Waals surface area contributed by atoms with E-state index in [2.05, 4.69) is 0 Å². The molecule has 7 heteroatoms. The molecular weight excluding hydrogens is 358 g/mol. The summed E-state index contributed by atoms with van der Waals surface area (Å²) in [5.74, 6) is -2.05. The first-order valence-corrected chi connectivity index (χ1v) is 8.11. The fourth-order valence-electron chi connectivity index (χ4n) is 2.27. The largest absolute Gasteiger partial charge is 0.480 e. The van der Waals surface area contributed by atoms with Gasteiger partial charge >= 0.3 is 5.97 Å². The van der Waals surface area contributed by atoms with Crippen molar-refractivity contribution in [2.24, 2.45) is 5.73 Å². The lowest BCUT2D eigenvalue weighted by Crippen LogP contribution is -2.51. The van der Waals surface area contributed by atoms with Crippen LogP contribution in [-0.4, -0.2) is 34.3 Å². The summed E-state index contributed by atoms with van der Waals surface area (Å²) in [5, 5.41) is 9.40. The minimum absolute atomic E-state index is 0.184. The minimum Gasteiger partial charge on any atom is -0.480 e. The van der Waals surface area contributed by atoms with Gasteiger partial charge in [-0.25, -0.2) is 0 Å². The number of ketones is 2. The molecule has 0 spiro atoms. The second-order valence-electron chi connectivity index (χ2n) is 6.15. The number of aliphatic carboxylic acids is 1. The molecule has 2 aromatic carbocycles. The molecule has 2 aromatic rings. The van der Waals surface area contributed by atoms with Crippen LogP contribution >= 0.6 is 11.6 Å². The van der Waals surface area contributed by atoms with Crippen molar-refractivity contribution in [1.82, 2.24) is 0 Å². The van der Waals surface area contributed by atoms with Crippen molar-refractivity contribution in [3.63, 3.8) is 0 Å². The van der Waals surface area contributed by atoms with Gasteiger partial charge in [0.15, 0.2) is 17.4 Å². The third kappa shape index (κ3) is 4.47. The molecule has 0 aliphatic heterocycles. The van der Waals surface area contributed by atoms with Gasteiger partial charge in [-0.05, 0) is 62.4 Å². The maximum absolute atomic E-state index is 12.4. The quantitative estimate of drug-likeness (QED) is 0.569. The molecule has 1 atom stereocenters. The number of hydrogen-bond donors (Lipinski definition) is 2. The van der Waals surface area contributed by atoms with Gasteiger partial charge in [0.25, 0.3) is 0 Å². The summed E-state index contributed by atoms with van der Waals surface area (Å²) in [5.41, 5.74) is 4.85. The van der Waals surface area contributed by atoms with E-state index in [-0.39, 0.29) is 5.78 Å². The first kappa shape index (κ1) is 19.6. The van der Waals surface area contributed by atoms with Crippen LogP contribution in [0.4, 0.5) is 0 Å². The van der Waals surface area contributed by atoms with E-state index in [1.807, 2.05) is 0 Å². The molecule has 2 rings (SSSR count). The standard InChI is InChI=1S/C19H18ClNO5/c1-19(2,17(23)15(21)18(24)25)26-14-9-5-12(6-10-14)16(22)11-3-7-13(20)8-4-11/h3-10,15H,21H2,1-2H3,(H,24,25). The Balaban J connectivity index is 2.14. The summed E-state index contributed by atoms with van der Waals surface area (Å²) >= 11 is 5.81. The van der Waals surface area contributed by atoms with Crippen LogP contribution in [0.5, 0.6) is 5.75 Å². The Bertz CT molecular complexity index is 828. The minimum atomic E-state index is -1.67. The van der Waals surface area contributed by atoms with Crippen LogP contribution in [-0.2, 0) is 9.59 Å². The van der Waals surface area contributed by atoms with Crippen molar-refractivity contribution in [3.8, 4) is 5.75 Å². The summed E-state index contributed by atoms with van der Waals surface area (Å²) in [7, 11) is 0. The van der Waals surface area contributed by atoms with E-state index in [0.29, 0.717) is 21.9 Å². The van der Waals surface area contributed by atoms with Crippen molar-refractivity contribution >= 4 is 29.1 Å². The lowest BCUT2D eigenvalue weighted by atomic mass is 9.97. The third-order valence-electron chi connectivity index (χ3n) is 3.74. The van der Waals surface area contributed by atoms with Gasteiger partial charge in [0, 0.05) is 16.1 Å². The molecule has 136 valence electrons. The van der Waals surface area contributed by atoms with E-state index >= 15 is 0 Å². The average Bonchev–Trinajstić information content (AvgIpc) is 2.60. The van der Waals surface area contributed by atoms with E-state index in [0.717, 1.165) is 0 Å². The SMILES string of the molecule is CC(C)(Oc1ccc(C(=O)c2ccc(Cl)cc2)cc1)C(=O)C(N)C(=O)O. The van der Waals surface area contributed by atoms with Gasteiger partial charge in [0.2, 0.25) is 5.78 Å². The van der Waals surface area contributed by atoms with E-state index in [9.17, 15) is 14.4 Å². The number of carboxylic acids is 1. The van der Waals surface area contributed by atoms with Crippen LogP contribution in [0.15, 0.2) is 48.5 Å². The molecule has 0 aliphatic carbocycles. The van der Waals surface area contributed by atoms with E-state index < -0.39 is 23.4 Å². The van der Waals surface area contributed by atoms with Gasteiger partial charge in [0.1, 0.15) is 5.75 Å². The second-order valence-corrected chi connectivity index (χ2v) is 6.59. The number of halogens is 1. The van der Waals surface area contributed by atoms with Gasteiger partial charge in [-0.2, -0.15) is 0 Å². The molecule has 0 saturated carbocycles. The first-order chi connectivity index (χ1) is 12.1. The Morgan fingerprint density at radius 3 is 1.92 bits per heavy atom. The summed E-state index contributed by atoms with van der Waals surface area (Å²) in [6.07, 6.45) is 0. The normalized spacial score (nSPS) is 12.3. The molecule has 0 fully saturated rings. The molecule has 0 radical (unpaired) electrons. The molecule has 0 aliphatic rings. The van der Waals surface area contributed by atoms with Gasteiger partial charge in [-0.15, -0.1) is 0 Å². The molecule has 0 bridgehead atoms. The second kappa shape index (κ2) is 7.68. The van der Waals surface area contributed by atoms with Crippen LogP contribution in [0.2, 0.25) is 5.02 Å². The Morgan fingerprint density at radius 1 is 1.00 bits per heavy atom. The number of carboxylic acid groups (broad SMARTS) is 1. The van der Waals surface area contributed by atoms with Crippen molar-refractivity contribution in [2.45, 2.75) is 25.5 Å². The molecule has 0 amide bonds. The van der Waals surface area contributed by atoms with Crippen LogP contribution < -0.4 is 10.5 Å². The molecule has 6 nitrogen and oxygen atoms in total. The number of carbonyl (C=O) groups is 3. The summed E-state index contributed by atoms with van der Waals surface area (Å²) in [6, 6.07) is 11.0. The van der Waals surface area contributed by atoms with Gasteiger partial charge in [0.05, 0.1) is 0 Å².